The lowest BCUT2D eigenvalue weighted by molar-refractivity contribution is -0.151. The van der Waals surface area contributed by atoms with Crippen LogP contribution in [0.4, 0.5) is 4.79 Å². The number of nitrogens with two attached hydrogens (primary N) is 2. The lowest BCUT2D eigenvalue weighted by Crippen LogP contribution is -2.38. The first-order chi connectivity index (χ1) is 39.8. The monoisotopic (exact) mass is 1210 g/mol. The summed E-state index contributed by atoms with van der Waals surface area (Å²) in [6.45, 7) is 15.5. The molecule has 0 bridgehead atoms. The molecule has 0 saturated heterocycles. The van der Waals surface area contributed by atoms with Crippen molar-refractivity contribution in [3.8, 4) is 0 Å². The predicted octanol–water partition coefficient (Wildman–Crippen LogP) is 14.8. The number of hydrogen-bond acceptors (Lipinski definition) is 17. The second kappa shape index (κ2) is 57.8. The van der Waals surface area contributed by atoms with Gasteiger partial charge in [0.1, 0.15) is 12.2 Å². The van der Waals surface area contributed by atoms with E-state index < -0.39 is 33.8 Å². The number of carbonyl (C=O) groups is 3. The van der Waals surface area contributed by atoms with Crippen LogP contribution in [0, 0.1) is 0 Å². The van der Waals surface area contributed by atoms with Gasteiger partial charge in [-0.1, -0.05) is 194 Å². The quantitative estimate of drug-likeness (QED) is 0.0191. The summed E-state index contributed by atoms with van der Waals surface area (Å²) in [5.41, 5.74) is 12.5. The zero-order valence-electron chi connectivity index (χ0n) is 52.1. The van der Waals surface area contributed by atoms with Gasteiger partial charge in [-0.25, -0.2) is 13.9 Å². The number of amides is 2. The maximum Gasteiger partial charge on any atom is 0.475 e. The van der Waals surface area contributed by atoms with E-state index in [9.17, 15) is 23.5 Å². The Hall–Kier alpha value is -2.25. The molecule has 82 heavy (non-hydrogen) atoms. The highest BCUT2D eigenvalue weighted by atomic mass is 31.2. The number of rotatable bonds is 64. The molecule has 0 aromatic rings. The van der Waals surface area contributed by atoms with Crippen molar-refractivity contribution in [2.45, 2.75) is 270 Å². The maximum absolute atomic E-state index is 13.4. The van der Waals surface area contributed by atoms with Crippen molar-refractivity contribution in [2.24, 2.45) is 11.5 Å². The standard InChI is InChI=1S/C61H120N4O15P2/c1-7-13-17-21-23-25-27-31-35-39-59(66)79-57(37-33-29-19-15-9-3)41-47-71-51-55(62)53-77-81(69,73-45-11-5)75-49-43-64-61(68)65-44-50-76-82(70,74-46-12-6)78-54-56(63)52-72-48-42-58(38-34-30-20-16-10-4)80-60(67)40-36-32-28-26-24-22-18-14-8-2/h11-12,55-58H,5-10,13-54,62-63H2,1-4H3,(H2,64,65,68)/t55-,56-,57-,58-,81?,82?/m1/s1. The molecule has 0 heterocycles. The van der Waals surface area contributed by atoms with Gasteiger partial charge in [-0.05, 0) is 38.5 Å². The molecule has 0 aliphatic rings. The van der Waals surface area contributed by atoms with Crippen LogP contribution in [0.2, 0.25) is 0 Å². The maximum atomic E-state index is 13.4. The molecule has 0 rings (SSSR count). The number of esters is 2. The Balaban J connectivity index is 4.79. The van der Waals surface area contributed by atoms with Crippen molar-refractivity contribution in [2.75, 3.05) is 79.2 Å². The Bertz CT molecular complexity index is 1510. The predicted molar refractivity (Wildman–Crippen MR) is 330 cm³/mol. The van der Waals surface area contributed by atoms with E-state index in [1.54, 1.807) is 0 Å². The number of carbonyl (C=O) groups excluding carboxylic acids is 3. The van der Waals surface area contributed by atoms with Crippen LogP contribution in [0.25, 0.3) is 0 Å². The Morgan fingerprint density at radius 2 is 0.732 bits per heavy atom. The number of nitrogens with one attached hydrogen (secondary N) is 2. The van der Waals surface area contributed by atoms with Crippen LogP contribution in [0.3, 0.4) is 0 Å². The van der Waals surface area contributed by atoms with Crippen LogP contribution in [0.5, 0.6) is 0 Å². The molecule has 0 radical (unpaired) electrons. The van der Waals surface area contributed by atoms with Gasteiger partial charge in [0.2, 0.25) is 0 Å². The molecule has 2 unspecified atom stereocenters. The second-order valence-electron chi connectivity index (χ2n) is 21.5. The topological polar surface area (TPSA) is 254 Å². The fourth-order valence-corrected chi connectivity index (χ4v) is 11.1. The summed E-state index contributed by atoms with van der Waals surface area (Å²) < 4.78 is 83.0. The third kappa shape index (κ3) is 52.1. The van der Waals surface area contributed by atoms with Crippen molar-refractivity contribution in [3.05, 3.63) is 25.3 Å². The van der Waals surface area contributed by atoms with Crippen molar-refractivity contribution >= 4 is 33.6 Å². The minimum Gasteiger partial charge on any atom is -0.462 e. The first-order valence-corrected chi connectivity index (χ1v) is 35.1. The van der Waals surface area contributed by atoms with E-state index in [1.165, 1.54) is 102 Å². The van der Waals surface area contributed by atoms with Gasteiger partial charge in [0.05, 0.1) is 78.2 Å². The highest BCUT2D eigenvalue weighted by Gasteiger charge is 2.29. The zero-order valence-corrected chi connectivity index (χ0v) is 53.9. The van der Waals surface area contributed by atoms with E-state index in [4.69, 9.17) is 57.6 Å². The van der Waals surface area contributed by atoms with Gasteiger partial charge in [0.25, 0.3) is 0 Å². The molecule has 484 valence electrons. The van der Waals surface area contributed by atoms with Gasteiger partial charge >= 0.3 is 33.6 Å². The van der Waals surface area contributed by atoms with Crippen LogP contribution < -0.4 is 22.1 Å². The fourth-order valence-electron chi connectivity index (χ4n) is 8.71. The number of unbranched alkanes of at least 4 members (excludes halogenated alkanes) is 24. The van der Waals surface area contributed by atoms with Crippen molar-refractivity contribution < 1.29 is 69.6 Å². The van der Waals surface area contributed by atoms with Gasteiger partial charge < -0.3 is 41.0 Å². The Morgan fingerprint density at radius 1 is 0.415 bits per heavy atom. The van der Waals surface area contributed by atoms with Crippen molar-refractivity contribution in [1.29, 1.82) is 0 Å². The van der Waals surface area contributed by atoms with Crippen LogP contribution in [0.15, 0.2) is 25.3 Å². The van der Waals surface area contributed by atoms with Gasteiger partial charge in [-0.2, -0.15) is 0 Å². The van der Waals surface area contributed by atoms with Crippen molar-refractivity contribution in [1.82, 2.24) is 10.6 Å². The molecule has 19 nitrogen and oxygen atoms in total. The summed E-state index contributed by atoms with van der Waals surface area (Å²) in [5, 5.41) is 5.13. The van der Waals surface area contributed by atoms with Gasteiger partial charge in [-0.15, -0.1) is 13.2 Å². The smallest absolute Gasteiger partial charge is 0.462 e. The minimum atomic E-state index is -4.12. The molecule has 0 aliphatic heterocycles. The zero-order chi connectivity index (χ0) is 60.5. The molecule has 0 spiro atoms. The Labute approximate surface area is 498 Å². The van der Waals surface area contributed by atoms with E-state index in [0.29, 0.717) is 38.9 Å². The third-order valence-electron chi connectivity index (χ3n) is 13.5. The number of phosphoric ester groups is 2. The van der Waals surface area contributed by atoms with Gasteiger partial charge in [-0.3, -0.25) is 36.7 Å². The third-order valence-corrected chi connectivity index (χ3v) is 16.4. The van der Waals surface area contributed by atoms with Gasteiger partial charge in [0.15, 0.2) is 0 Å². The van der Waals surface area contributed by atoms with Crippen LogP contribution in [0.1, 0.15) is 246 Å². The highest BCUT2D eigenvalue weighted by Crippen LogP contribution is 2.50. The van der Waals surface area contributed by atoms with E-state index in [1.807, 2.05) is 0 Å². The Kier molecular flexibility index (Phi) is 56.2. The van der Waals surface area contributed by atoms with E-state index in [-0.39, 0.29) is 90.1 Å². The molecule has 0 aromatic heterocycles. The molecular formula is C61H120N4O15P2. The van der Waals surface area contributed by atoms with E-state index in [0.717, 1.165) is 103 Å². The summed E-state index contributed by atoms with van der Waals surface area (Å²) in [6, 6.07) is -1.96. The summed E-state index contributed by atoms with van der Waals surface area (Å²) >= 11 is 0. The van der Waals surface area contributed by atoms with Gasteiger partial charge in [0, 0.05) is 38.8 Å². The minimum absolute atomic E-state index is 0.0789. The normalized spacial score (nSPS) is 14.5. The first-order valence-electron chi connectivity index (χ1n) is 32.1. The average Bonchev–Trinajstić information content (AvgIpc) is 3.51. The molecule has 0 fully saturated rings. The fraction of sp³-hybridized carbons (Fsp3) is 0.885. The Morgan fingerprint density at radius 3 is 1.06 bits per heavy atom. The molecule has 0 aromatic carbocycles. The first kappa shape index (κ1) is 79.8. The number of ether oxygens (including phenoxy) is 4. The molecule has 2 amide bonds. The largest absolute Gasteiger partial charge is 0.475 e. The summed E-state index contributed by atoms with van der Waals surface area (Å²) in [4.78, 5) is 38.1. The molecule has 21 heteroatoms. The van der Waals surface area contributed by atoms with Crippen LogP contribution in [-0.4, -0.2) is 121 Å². The number of hydrogen-bond donors (Lipinski definition) is 4. The summed E-state index contributed by atoms with van der Waals surface area (Å²) in [6.07, 6.45) is 38.2. The number of urea groups is 1. The molecule has 6 atom stereocenters. The van der Waals surface area contributed by atoms with E-state index >= 15 is 0 Å². The highest BCUT2D eigenvalue weighted by molar-refractivity contribution is 7.48. The van der Waals surface area contributed by atoms with Crippen LogP contribution in [-0.2, 0) is 64.8 Å². The molecular weight excluding hydrogens is 1090 g/mol. The SMILES string of the molecule is C=CCOP(=O)(OCCNC(=O)NCCOP(=O)(OCC=C)OC[C@H](N)COCC[C@@H](CCCCCCC)OC(=O)CCCCCCCCCCC)OC[C@H](N)COCC[C@@H](CCCCCCC)OC(=O)CCCCCCCCCCC. The summed E-state index contributed by atoms with van der Waals surface area (Å²) in [5.74, 6) is -0.318. The van der Waals surface area contributed by atoms with Crippen LogP contribution >= 0.6 is 15.6 Å². The molecule has 0 aliphatic carbocycles. The molecule has 6 N–H and O–H groups in total. The average molecular weight is 1210 g/mol. The number of phosphoric acid groups is 2. The second-order valence-corrected chi connectivity index (χ2v) is 24.9. The lowest BCUT2D eigenvalue weighted by Gasteiger charge is -2.21. The van der Waals surface area contributed by atoms with Crippen molar-refractivity contribution in [3.63, 3.8) is 0 Å². The lowest BCUT2D eigenvalue weighted by atomic mass is 10.1. The molecule has 0 saturated carbocycles. The summed E-state index contributed by atoms with van der Waals surface area (Å²) in [7, 11) is -8.24. The van der Waals surface area contributed by atoms with E-state index in [2.05, 4.69) is 51.5 Å².